The first-order valence-corrected chi connectivity index (χ1v) is 17.9. The maximum atomic E-state index is 12.6. The van der Waals surface area contributed by atoms with Gasteiger partial charge in [0.15, 0.2) is 0 Å². The van der Waals surface area contributed by atoms with Gasteiger partial charge in [0, 0.05) is 25.4 Å². The van der Waals surface area contributed by atoms with Crippen LogP contribution in [0.3, 0.4) is 0 Å². The molecule has 9 unspecified atom stereocenters. The van der Waals surface area contributed by atoms with E-state index in [1.54, 1.807) is 5.57 Å². The van der Waals surface area contributed by atoms with Crippen LogP contribution in [0.15, 0.2) is 11.6 Å². The zero-order valence-electron chi connectivity index (χ0n) is 28.2. The lowest BCUT2D eigenvalue weighted by Crippen LogP contribution is -2.51. The molecule has 42 heavy (non-hydrogen) atoms. The lowest BCUT2D eigenvalue weighted by molar-refractivity contribution is -0.124. The summed E-state index contributed by atoms with van der Waals surface area (Å²) >= 11 is 0. The van der Waals surface area contributed by atoms with Gasteiger partial charge in [-0.05, 0) is 111 Å². The van der Waals surface area contributed by atoms with Gasteiger partial charge in [-0.15, -0.1) is 0 Å². The molecule has 5 nitrogen and oxygen atoms in total. The zero-order valence-corrected chi connectivity index (χ0v) is 28.2. The van der Waals surface area contributed by atoms with Gasteiger partial charge in [-0.2, -0.15) is 0 Å². The molecule has 4 aliphatic carbocycles. The highest BCUT2D eigenvalue weighted by Crippen LogP contribution is 2.67. The van der Waals surface area contributed by atoms with E-state index in [1.807, 2.05) is 13.8 Å². The number of ether oxygens (including phenoxy) is 1. The van der Waals surface area contributed by atoms with Crippen LogP contribution in [0.2, 0.25) is 0 Å². The zero-order chi connectivity index (χ0) is 30.5. The highest BCUT2D eigenvalue weighted by atomic mass is 16.6. The van der Waals surface area contributed by atoms with Gasteiger partial charge in [0.05, 0.1) is 0 Å². The molecule has 0 aromatic carbocycles. The SMILES string of the molecule is CCC(C)C(=O)NCCCCNC(=O)OC1CCC2(C)C(=CCC3C2CCC2(C)C(C(C)CCCC(C)C)CCC32)C1. The van der Waals surface area contributed by atoms with Crippen molar-refractivity contribution in [3.05, 3.63) is 11.6 Å². The summed E-state index contributed by atoms with van der Waals surface area (Å²) in [5.74, 6) is 5.27. The van der Waals surface area contributed by atoms with Crippen molar-refractivity contribution >= 4 is 12.0 Å². The number of hydrogen-bond donors (Lipinski definition) is 2. The number of nitrogens with one attached hydrogen (secondary N) is 2. The van der Waals surface area contributed by atoms with E-state index in [0.717, 1.165) is 74.0 Å². The average molecular weight is 585 g/mol. The van der Waals surface area contributed by atoms with Crippen LogP contribution >= 0.6 is 0 Å². The molecule has 0 aromatic rings. The van der Waals surface area contributed by atoms with Crippen molar-refractivity contribution in [1.29, 1.82) is 0 Å². The third kappa shape index (κ3) is 7.40. The molecule has 0 saturated heterocycles. The molecule has 2 amide bonds. The van der Waals surface area contributed by atoms with E-state index >= 15 is 0 Å². The molecule has 5 heteroatoms. The Labute approximate surface area is 258 Å². The number of unbranched alkanes of at least 4 members (excludes halogenated alkanes) is 1. The quantitative estimate of drug-likeness (QED) is 0.168. The van der Waals surface area contributed by atoms with Crippen LogP contribution < -0.4 is 10.6 Å². The Morgan fingerprint density at radius 3 is 2.38 bits per heavy atom. The van der Waals surface area contributed by atoms with Crippen LogP contribution in [-0.4, -0.2) is 31.2 Å². The van der Waals surface area contributed by atoms with Gasteiger partial charge in [0.2, 0.25) is 5.91 Å². The molecule has 3 saturated carbocycles. The first kappa shape index (κ1) is 33.4. The van der Waals surface area contributed by atoms with E-state index in [4.69, 9.17) is 4.74 Å². The van der Waals surface area contributed by atoms with Gasteiger partial charge in [0.1, 0.15) is 6.10 Å². The maximum absolute atomic E-state index is 12.6. The number of fused-ring (bicyclic) bond motifs is 5. The van der Waals surface area contributed by atoms with Crippen LogP contribution in [0.4, 0.5) is 4.79 Å². The van der Waals surface area contributed by atoms with Crippen molar-refractivity contribution in [3.63, 3.8) is 0 Å². The van der Waals surface area contributed by atoms with E-state index in [2.05, 4.69) is 51.3 Å². The largest absolute Gasteiger partial charge is 0.446 e. The highest BCUT2D eigenvalue weighted by Gasteiger charge is 2.59. The first-order valence-electron chi connectivity index (χ1n) is 17.9. The molecule has 0 aliphatic heterocycles. The Morgan fingerprint density at radius 2 is 1.67 bits per heavy atom. The van der Waals surface area contributed by atoms with Gasteiger partial charge in [0.25, 0.3) is 0 Å². The molecule has 4 aliphatic rings. The van der Waals surface area contributed by atoms with Crippen molar-refractivity contribution in [3.8, 4) is 0 Å². The molecule has 0 radical (unpaired) electrons. The minimum Gasteiger partial charge on any atom is -0.446 e. The normalized spacial score (nSPS) is 35.3. The van der Waals surface area contributed by atoms with Gasteiger partial charge in [-0.3, -0.25) is 4.79 Å². The van der Waals surface area contributed by atoms with Gasteiger partial charge in [-0.1, -0.05) is 79.4 Å². The molecule has 0 aromatic heterocycles. The molecule has 0 heterocycles. The Hall–Kier alpha value is -1.52. The minimum atomic E-state index is -0.283. The van der Waals surface area contributed by atoms with Crippen molar-refractivity contribution < 1.29 is 14.3 Å². The molecule has 9 atom stereocenters. The average Bonchev–Trinajstić information content (AvgIpc) is 3.31. The van der Waals surface area contributed by atoms with Crippen LogP contribution in [0.5, 0.6) is 0 Å². The fourth-order valence-corrected chi connectivity index (χ4v) is 9.96. The van der Waals surface area contributed by atoms with E-state index in [0.29, 0.717) is 18.5 Å². The molecule has 2 N–H and O–H groups in total. The number of allylic oxidation sites excluding steroid dienone is 1. The second kappa shape index (κ2) is 14.5. The smallest absolute Gasteiger partial charge is 0.407 e. The monoisotopic (exact) mass is 584 g/mol. The van der Waals surface area contributed by atoms with Gasteiger partial charge >= 0.3 is 6.09 Å². The molecular weight excluding hydrogens is 520 g/mol. The molecule has 240 valence electrons. The van der Waals surface area contributed by atoms with Crippen molar-refractivity contribution in [2.75, 3.05) is 13.1 Å². The predicted octanol–water partition coefficient (Wildman–Crippen LogP) is 9.07. The van der Waals surface area contributed by atoms with E-state index in [1.165, 1.54) is 51.4 Å². The molecule has 0 spiro atoms. The van der Waals surface area contributed by atoms with Crippen LogP contribution in [0.1, 0.15) is 138 Å². The summed E-state index contributed by atoms with van der Waals surface area (Å²) in [7, 11) is 0. The molecular formula is C37H64N2O3. The molecule has 4 rings (SSSR count). The first-order chi connectivity index (χ1) is 20.0. The summed E-state index contributed by atoms with van der Waals surface area (Å²) in [5, 5.41) is 5.93. The number of alkyl carbamates (subject to hydrolysis) is 1. The van der Waals surface area contributed by atoms with Gasteiger partial charge < -0.3 is 15.4 Å². The standard InChI is InChI=1S/C37H64N2O3/c1-8-26(4)34(40)38-22-9-10-23-39-35(41)42-29-18-20-36(6)28(24-29)14-15-30-32-17-16-31(27(5)13-11-12-25(2)3)37(32,7)21-19-33(30)36/h14,25-27,29-33H,8-13,15-24H2,1-7H3,(H,38,40)(H,39,41). The minimum absolute atomic E-state index is 0.00731. The van der Waals surface area contributed by atoms with Crippen LogP contribution in [0.25, 0.3) is 0 Å². The van der Waals surface area contributed by atoms with Crippen LogP contribution in [-0.2, 0) is 9.53 Å². The summed E-state index contributed by atoms with van der Waals surface area (Å²) < 4.78 is 5.92. The van der Waals surface area contributed by atoms with E-state index in [-0.39, 0.29) is 29.4 Å². The Kier molecular flexibility index (Phi) is 11.5. The summed E-state index contributed by atoms with van der Waals surface area (Å²) in [5.41, 5.74) is 2.38. The number of carbonyl (C=O) groups excluding carboxylic acids is 2. The summed E-state index contributed by atoms with van der Waals surface area (Å²) in [6.45, 7) is 17.8. The van der Waals surface area contributed by atoms with E-state index < -0.39 is 0 Å². The summed E-state index contributed by atoms with van der Waals surface area (Å²) in [4.78, 5) is 24.5. The number of amides is 2. The predicted molar refractivity (Wildman–Crippen MR) is 173 cm³/mol. The third-order valence-electron chi connectivity index (χ3n) is 12.8. The lowest BCUT2D eigenvalue weighted by Gasteiger charge is -2.58. The highest BCUT2D eigenvalue weighted by molar-refractivity contribution is 5.78. The maximum Gasteiger partial charge on any atom is 0.407 e. The van der Waals surface area contributed by atoms with Gasteiger partial charge in [-0.25, -0.2) is 4.79 Å². The Morgan fingerprint density at radius 1 is 0.929 bits per heavy atom. The lowest BCUT2D eigenvalue weighted by atomic mass is 9.47. The van der Waals surface area contributed by atoms with Crippen LogP contribution in [0, 0.1) is 52.3 Å². The second-order valence-corrected chi connectivity index (χ2v) is 15.8. The third-order valence-corrected chi connectivity index (χ3v) is 12.8. The number of rotatable bonds is 13. The van der Waals surface area contributed by atoms with Crippen molar-refractivity contribution in [2.24, 2.45) is 52.3 Å². The number of carbonyl (C=O) groups is 2. The molecule has 0 bridgehead atoms. The summed E-state index contributed by atoms with van der Waals surface area (Å²) in [6.07, 6.45) is 19.0. The molecule has 3 fully saturated rings. The summed E-state index contributed by atoms with van der Waals surface area (Å²) in [6, 6.07) is 0. The Bertz CT molecular complexity index is 945. The number of hydrogen-bond acceptors (Lipinski definition) is 3. The fraction of sp³-hybridized carbons (Fsp3) is 0.892. The fourth-order valence-electron chi connectivity index (χ4n) is 9.96. The van der Waals surface area contributed by atoms with Crippen molar-refractivity contribution in [1.82, 2.24) is 10.6 Å². The second-order valence-electron chi connectivity index (χ2n) is 15.8. The topological polar surface area (TPSA) is 67.4 Å². The van der Waals surface area contributed by atoms with E-state index in [9.17, 15) is 9.59 Å². The van der Waals surface area contributed by atoms with Crippen molar-refractivity contribution in [2.45, 2.75) is 144 Å². The Balaban J connectivity index is 1.24.